The van der Waals surface area contributed by atoms with Crippen molar-refractivity contribution in [2.45, 2.75) is 14.4 Å². The molecule has 0 saturated carbocycles. The zero-order valence-corrected chi connectivity index (χ0v) is 22.3. The molecule has 0 aliphatic carbocycles. The Morgan fingerprint density at radius 1 is 0.972 bits per heavy atom. The summed E-state index contributed by atoms with van der Waals surface area (Å²) in [5.74, 6) is 2.32. The molecule has 0 fully saturated rings. The molecule has 4 rings (SSSR count). The number of nitrogens with zero attached hydrogens (tertiary/aromatic N) is 3. The average Bonchev–Trinajstić information content (AvgIpc) is 3.38. The smallest absolute Gasteiger partial charge is 0.250 e. The lowest BCUT2D eigenvalue weighted by Gasteiger charge is -2.12. The van der Waals surface area contributed by atoms with Gasteiger partial charge in [-0.25, -0.2) is 5.43 Å². The Labute approximate surface area is 221 Å². The van der Waals surface area contributed by atoms with Gasteiger partial charge in [-0.15, -0.1) is 10.2 Å². The minimum absolute atomic E-state index is 0.164. The number of fused-ring (bicyclic) bond motifs is 1. The van der Waals surface area contributed by atoms with E-state index < -0.39 is 0 Å². The molecule has 0 radical (unpaired) electrons. The monoisotopic (exact) mass is 540 g/mol. The van der Waals surface area contributed by atoms with Crippen LogP contribution < -0.4 is 19.6 Å². The van der Waals surface area contributed by atoms with Crippen LogP contribution in [0.15, 0.2) is 68.4 Å². The van der Waals surface area contributed by atoms with Crippen LogP contribution in [0.2, 0.25) is 0 Å². The van der Waals surface area contributed by atoms with Gasteiger partial charge < -0.3 is 14.2 Å². The molecule has 0 saturated heterocycles. The molecule has 0 unspecified atom stereocenters. The molecular formula is C25H24N4O4S3. The second-order valence-electron chi connectivity index (χ2n) is 7.29. The van der Waals surface area contributed by atoms with E-state index >= 15 is 0 Å². The molecule has 0 aliphatic heterocycles. The molecular weight excluding hydrogens is 517 g/mol. The summed E-state index contributed by atoms with van der Waals surface area (Å²) >= 11 is 4.43. The number of carbonyl (C=O) groups is 1. The first-order valence-corrected chi connectivity index (χ1v) is 13.6. The van der Waals surface area contributed by atoms with E-state index in [4.69, 9.17) is 14.2 Å². The zero-order valence-electron chi connectivity index (χ0n) is 19.9. The zero-order chi connectivity index (χ0) is 25.3. The number of nitrogens with one attached hydrogen (secondary N) is 1. The van der Waals surface area contributed by atoms with E-state index in [0.717, 1.165) is 14.4 Å². The van der Waals surface area contributed by atoms with Gasteiger partial charge in [0.15, 0.2) is 8.68 Å². The fourth-order valence-electron chi connectivity index (χ4n) is 3.36. The molecule has 8 nitrogen and oxygen atoms in total. The third-order valence-corrected chi connectivity index (χ3v) is 8.32. The number of amides is 1. The molecule has 1 aromatic heterocycles. The highest BCUT2D eigenvalue weighted by atomic mass is 32.2. The highest BCUT2D eigenvalue weighted by molar-refractivity contribution is 8.03. The van der Waals surface area contributed by atoms with E-state index in [2.05, 4.69) is 57.1 Å². The van der Waals surface area contributed by atoms with Crippen LogP contribution in [0.25, 0.3) is 10.8 Å². The Balaban J connectivity index is 1.29. The Morgan fingerprint density at radius 2 is 1.67 bits per heavy atom. The summed E-state index contributed by atoms with van der Waals surface area (Å²) in [4.78, 5) is 12.3. The van der Waals surface area contributed by atoms with Crippen LogP contribution in [0.5, 0.6) is 17.2 Å². The number of aromatic nitrogens is 2. The SMILES string of the molecule is COc1cc(OC)c(/C=N\NC(=O)CSc2nnc(SCc3cccc4ccccc34)s2)c(OC)c1. The third-order valence-electron chi connectivity index (χ3n) is 5.08. The Morgan fingerprint density at radius 3 is 2.39 bits per heavy atom. The predicted molar refractivity (Wildman–Crippen MR) is 146 cm³/mol. The van der Waals surface area contributed by atoms with Crippen LogP contribution in [0.3, 0.4) is 0 Å². The second-order valence-corrected chi connectivity index (χ2v) is 10.7. The number of ether oxygens (including phenoxy) is 3. The fraction of sp³-hybridized carbons (Fsp3) is 0.200. The number of hydrazone groups is 1. The van der Waals surface area contributed by atoms with Crippen molar-refractivity contribution in [3.63, 3.8) is 0 Å². The Bertz CT molecular complexity index is 1350. The van der Waals surface area contributed by atoms with Gasteiger partial charge in [-0.2, -0.15) is 5.10 Å². The van der Waals surface area contributed by atoms with Crippen LogP contribution in [0.4, 0.5) is 0 Å². The van der Waals surface area contributed by atoms with Gasteiger partial charge in [0.2, 0.25) is 0 Å². The largest absolute Gasteiger partial charge is 0.496 e. The standard InChI is InChI=1S/C25H24N4O4S3/c1-31-18-11-21(32-2)20(22(12-18)33-3)13-26-27-23(30)15-35-25-29-28-24(36-25)34-14-17-9-6-8-16-7-4-5-10-19(16)17/h4-13H,14-15H2,1-3H3,(H,27,30)/b26-13-. The first-order chi connectivity index (χ1) is 17.6. The summed E-state index contributed by atoms with van der Waals surface area (Å²) in [5, 5.41) is 15.0. The number of carbonyl (C=O) groups excluding carboxylic acids is 1. The number of methoxy groups -OCH3 is 3. The summed E-state index contributed by atoms with van der Waals surface area (Å²) in [6.45, 7) is 0. The average molecular weight is 541 g/mol. The molecule has 0 spiro atoms. The van der Waals surface area contributed by atoms with Crippen molar-refractivity contribution in [3.05, 3.63) is 65.7 Å². The van der Waals surface area contributed by atoms with Crippen LogP contribution in [-0.2, 0) is 10.5 Å². The van der Waals surface area contributed by atoms with E-state index in [9.17, 15) is 4.79 Å². The Kier molecular flexibility index (Phi) is 9.04. The molecule has 186 valence electrons. The number of thioether (sulfide) groups is 2. The number of hydrogen-bond donors (Lipinski definition) is 1. The highest BCUT2D eigenvalue weighted by Gasteiger charge is 2.12. The lowest BCUT2D eigenvalue weighted by Crippen LogP contribution is -2.19. The molecule has 11 heteroatoms. The molecule has 3 aromatic carbocycles. The molecule has 0 bridgehead atoms. The van der Waals surface area contributed by atoms with Gasteiger partial charge in [0.25, 0.3) is 5.91 Å². The van der Waals surface area contributed by atoms with Crippen molar-refractivity contribution in [3.8, 4) is 17.2 Å². The van der Waals surface area contributed by atoms with Crippen LogP contribution in [0, 0.1) is 0 Å². The van der Waals surface area contributed by atoms with Crippen molar-refractivity contribution in [2.24, 2.45) is 5.10 Å². The lowest BCUT2D eigenvalue weighted by molar-refractivity contribution is -0.118. The maximum absolute atomic E-state index is 12.3. The van der Waals surface area contributed by atoms with Gasteiger partial charge in [0.1, 0.15) is 17.2 Å². The van der Waals surface area contributed by atoms with Crippen molar-refractivity contribution in [1.82, 2.24) is 15.6 Å². The number of benzene rings is 3. The van der Waals surface area contributed by atoms with Gasteiger partial charge in [-0.3, -0.25) is 4.79 Å². The predicted octanol–water partition coefficient (Wildman–Crippen LogP) is 5.25. The fourth-order valence-corrected chi connectivity index (χ4v) is 6.18. The quantitative estimate of drug-likeness (QED) is 0.157. The van der Waals surface area contributed by atoms with E-state index in [-0.39, 0.29) is 11.7 Å². The van der Waals surface area contributed by atoms with E-state index in [1.165, 1.54) is 59.9 Å². The molecule has 4 aromatic rings. The van der Waals surface area contributed by atoms with Crippen LogP contribution in [-0.4, -0.2) is 49.4 Å². The van der Waals surface area contributed by atoms with Gasteiger partial charge in [-0.05, 0) is 16.3 Å². The summed E-state index contributed by atoms with van der Waals surface area (Å²) < 4.78 is 17.6. The summed E-state index contributed by atoms with van der Waals surface area (Å²) in [7, 11) is 4.64. The maximum atomic E-state index is 12.3. The normalized spacial score (nSPS) is 11.1. The van der Waals surface area contributed by atoms with Gasteiger partial charge in [0, 0.05) is 17.9 Å². The van der Waals surface area contributed by atoms with Crippen molar-refractivity contribution >= 4 is 57.8 Å². The molecule has 36 heavy (non-hydrogen) atoms. The first kappa shape index (κ1) is 25.8. The van der Waals surface area contributed by atoms with E-state index in [1.807, 2.05) is 6.07 Å². The van der Waals surface area contributed by atoms with Crippen molar-refractivity contribution in [2.75, 3.05) is 27.1 Å². The lowest BCUT2D eigenvalue weighted by atomic mass is 10.1. The highest BCUT2D eigenvalue weighted by Crippen LogP contribution is 2.33. The van der Waals surface area contributed by atoms with Crippen LogP contribution >= 0.6 is 34.9 Å². The van der Waals surface area contributed by atoms with Crippen molar-refractivity contribution < 1.29 is 19.0 Å². The number of rotatable bonds is 11. The van der Waals surface area contributed by atoms with E-state index in [0.29, 0.717) is 22.8 Å². The minimum Gasteiger partial charge on any atom is -0.496 e. The molecule has 1 N–H and O–H groups in total. The summed E-state index contributed by atoms with van der Waals surface area (Å²) in [5.41, 5.74) is 4.36. The van der Waals surface area contributed by atoms with E-state index in [1.54, 1.807) is 31.0 Å². The Hall–Kier alpha value is -3.28. The van der Waals surface area contributed by atoms with Gasteiger partial charge >= 0.3 is 0 Å². The first-order valence-electron chi connectivity index (χ1n) is 10.8. The second kappa shape index (κ2) is 12.6. The summed E-state index contributed by atoms with van der Waals surface area (Å²) in [6.07, 6.45) is 1.48. The van der Waals surface area contributed by atoms with Crippen molar-refractivity contribution in [1.29, 1.82) is 0 Å². The van der Waals surface area contributed by atoms with Gasteiger partial charge in [-0.1, -0.05) is 77.3 Å². The maximum Gasteiger partial charge on any atom is 0.250 e. The minimum atomic E-state index is -0.261. The third kappa shape index (κ3) is 6.48. The molecule has 0 atom stereocenters. The van der Waals surface area contributed by atoms with Crippen LogP contribution in [0.1, 0.15) is 11.1 Å². The van der Waals surface area contributed by atoms with Gasteiger partial charge in [0.05, 0.1) is 38.9 Å². The topological polar surface area (TPSA) is 94.9 Å². The molecule has 1 amide bonds. The molecule has 1 heterocycles. The number of hydrogen-bond acceptors (Lipinski definition) is 10. The summed E-state index contributed by atoms with van der Waals surface area (Å²) in [6, 6.07) is 18.1. The molecule has 0 aliphatic rings.